The third-order valence-corrected chi connectivity index (χ3v) is 6.41. The lowest BCUT2D eigenvalue weighted by atomic mass is 9.92. The van der Waals surface area contributed by atoms with Crippen LogP contribution < -0.4 is 15.5 Å². The van der Waals surface area contributed by atoms with Crippen LogP contribution in [0.3, 0.4) is 0 Å². The summed E-state index contributed by atoms with van der Waals surface area (Å²) in [7, 11) is 0. The first-order valence-corrected chi connectivity index (χ1v) is 9.55. The normalized spacial score (nSPS) is 31.6. The molecule has 2 bridgehead atoms. The van der Waals surface area contributed by atoms with Crippen LogP contribution in [0.25, 0.3) is 0 Å². The van der Waals surface area contributed by atoms with Crippen LogP contribution in [-0.2, 0) is 6.54 Å². The molecule has 5 aliphatic rings. The zero-order valence-electron chi connectivity index (χ0n) is 14.4. The Hall–Kier alpha value is -1.66. The second kappa shape index (κ2) is 5.95. The van der Waals surface area contributed by atoms with Crippen molar-refractivity contribution in [2.75, 3.05) is 31.1 Å². The third kappa shape index (κ3) is 2.46. The number of benzene rings is 1. The number of carbonyl (C=O) groups is 1. The zero-order valence-corrected chi connectivity index (χ0v) is 14.4. The number of piperidine rings is 3. The van der Waals surface area contributed by atoms with Crippen molar-refractivity contribution in [3.8, 4) is 0 Å². The van der Waals surface area contributed by atoms with Crippen LogP contribution in [0.1, 0.15) is 41.6 Å². The van der Waals surface area contributed by atoms with Crippen molar-refractivity contribution in [1.29, 1.82) is 0 Å². The molecule has 6 rings (SSSR count). The maximum atomic E-state index is 15.3. The number of amides is 1. The predicted octanol–water partition coefficient (Wildman–Crippen LogP) is 1.47. The van der Waals surface area contributed by atoms with E-state index in [-0.39, 0.29) is 17.8 Å². The Morgan fingerprint density at radius 1 is 1.08 bits per heavy atom. The monoisotopic (exact) mass is 344 g/mol. The average molecular weight is 344 g/mol. The predicted molar refractivity (Wildman–Crippen MR) is 94.3 cm³/mol. The van der Waals surface area contributed by atoms with E-state index in [1.165, 1.54) is 6.42 Å². The molecule has 134 valence electrons. The van der Waals surface area contributed by atoms with Crippen LogP contribution in [0.2, 0.25) is 0 Å². The number of hydrogen-bond acceptors (Lipinski definition) is 4. The van der Waals surface area contributed by atoms with Crippen LogP contribution in [0.5, 0.6) is 0 Å². The lowest BCUT2D eigenvalue weighted by Gasteiger charge is -2.47. The van der Waals surface area contributed by atoms with Gasteiger partial charge in [0.15, 0.2) is 5.82 Å². The lowest BCUT2D eigenvalue weighted by molar-refractivity contribution is 0.0674. The van der Waals surface area contributed by atoms with Gasteiger partial charge in [0.1, 0.15) is 0 Å². The summed E-state index contributed by atoms with van der Waals surface area (Å²) >= 11 is 0. The number of carbonyl (C=O) groups excluding carboxylic acids is 1. The molecular formula is C19H25FN4O. The number of nitrogens with one attached hydrogen (secondary N) is 2. The number of hydrogen-bond donors (Lipinski definition) is 2. The summed E-state index contributed by atoms with van der Waals surface area (Å²) in [6.07, 6.45) is 4.37. The van der Waals surface area contributed by atoms with Gasteiger partial charge in [-0.1, -0.05) is 0 Å². The third-order valence-electron chi connectivity index (χ3n) is 6.41. The number of anilines is 1. The first-order chi connectivity index (χ1) is 12.2. The first-order valence-electron chi connectivity index (χ1n) is 9.55. The fourth-order valence-corrected chi connectivity index (χ4v) is 4.98. The largest absolute Gasteiger partial charge is 0.363 e. The van der Waals surface area contributed by atoms with E-state index < -0.39 is 0 Å². The second-order valence-corrected chi connectivity index (χ2v) is 7.85. The van der Waals surface area contributed by atoms with Crippen molar-refractivity contribution in [3.05, 3.63) is 29.1 Å². The molecule has 1 amide bonds. The summed E-state index contributed by atoms with van der Waals surface area (Å²) in [5.41, 5.74) is 1.85. The van der Waals surface area contributed by atoms with Crippen molar-refractivity contribution in [2.24, 2.45) is 0 Å². The summed E-state index contributed by atoms with van der Waals surface area (Å²) in [6.45, 7) is 4.04. The molecule has 1 aromatic carbocycles. The Morgan fingerprint density at radius 3 is 2.64 bits per heavy atom. The topological polar surface area (TPSA) is 47.6 Å². The number of piperazine rings is 1. The van der Waals surface area contributed by atoms with Gasteiger partial charge in [0.05, 0.1) is 12.2 Å². The van der Waals surface area contributed by atoms with Crippen LogP contribution in [0.4, 0.5) is 10.1 Å². The fraction of sp³-hybridized carbons (Fsp3) is 0.632. The summed E-state index contributed by atoms with van der Waals surface area (Å²) < 4.78 is 15.3. The van der Waals surface area contributed by atoms with E-state index in [0.29, 0.717) is 35.4 Å². The van der Waals surface area contributed by atoms with E-state index in [2.05, 4.69) is 15.5 Å². The number of fused-ring (bicyclic) bond motifs is 4. The molecule has 0 aromatic heterocycles. The zero-order chi connectivity index (χ0) is 17.0. The molecule has 3 atom stereocenters. The van der Waals surface area contributed by atoms with Gasteiger partial charge in [-0.3, -0.25) is 4.79 Å². The molecule has 0 radical (unpaired) electrons. The van der Waals surface area contributed by atoms with Gasteiger partial charge in [-0.15, -0.1) is 0 Å². The highest BCUT2D eigenvalue weighted by Crippen LogP contribution is 2.36. The van der Waals surface area contributed by atoms with Gasteiger partial charge < -0.3 is 20.4 Å². The van der Waals surface area contributed by atoms with Gasteiger partial charge >= 0.3 is 0 Å². The molecule has 5 nitrogen and oxygen atoms in total. The summed E-state index contributed by atoms with van der Waals surface area (Å²) in [5.74, 6) is -0.180. The highest BCUT2D eigenvalue weighted by atomic mass is 19.1. The Bertz CT molecular complexity index is 695. The molecule has 25 heavy (non-hydrogen) atoms. The SMILES string of the molecule is O=C1c2ccc(N3CC4CCC3CN4)c(F)c2CN1C1CCCNC1. The van der Waals surface area contributed by atoms with E-state index in [0.717, 1.165) is 45.4 Å². The molecule has 0 aliphatic carbocycles. The molecule has 2 N–H and O–H groups in total. The van der Waals surface area contributed by atoms with E-state index in [9.17, 15) is 4.79 Å². The Morgan fingerprint density at radius 2 is 1.96 bits per heavy atom. The maximum absolute atomic E-state index is 15.3. The minimum Gasteiger partial charge on any atom is -0.363 e. The van der Waals surface area contributed by atoms with Crippen molar-refractivity contribution < 1.29 is 9.18 Å². The molecule has 4 fully saturated rings. The summed E-state index contributed by atoms with van der Waals surface area (Å²) in [4.78, 5) is 16.9. The van der Waals surface area contributed by atoms with Crippen molar-refractivity contribution in [1.82, 2.24) is 15.5 Å². The van der Waals surface area contributed by atoms with Crippen LogP contribution in [-0.4, -0.2) is 55.1 Å². The van der Waals surface area contributed by atoms with Gasteiger partial charge in [0, 0.05) is 48.9 Å². The first kappa shape index (κ1) is 15.6. The molecule has 0 spiro atoms. The molecule has 3 unspecified atom stereocenters. The van der Waals surface area contributed by atoms with Gasteiger partial charge in [0.25, 0.3) is 5.91 Å². The molecular weight excluding hydrogens is 319 g/mol. The van der Waals surface area contributed by atoms with Gasteiger partial charge in [-0.2, -0.15) is 0 Å². The van der Waals surface area contributed by atoms with E-state index in [1.807, 2.05) is 17.0 Å². The molecule has 1 aromatic rings. The number of halogens is 1. The highest BCUT2D eigenvalue weighted by Gasteiger charge is 2.39. The minimum atomic E-state index is -0.176. The van der Waals surface area contributed by atoms with Gasteiger partial charge in [-0.25, -0.2) is 4.39 Å². The number of rotatable bonds is 2. The van der Waals surface area contributed by atoms with E-state index in [1.54, 1.807) is 0 Å². The lowest BCUT2D eigenvalue weighted by Crippen LogP contribution is -2.61. The molecule has 4 saturated heterocycles. The maximum Gasteiger partial charge on any atom is 0.254 e. The average Bonchev–Trinajstić information content (AvgIpc) is 3.01. The fourth-order valence-electron chi connectivity index (χ4n) is 4.98. The summed E-state index contributed by atoms with van der Waals surface area (Å²) in [5, 5.41) is 6.87. The van der Waals surface area contributed by atoms with Crippen molar-refractivity contribution >= 4 is 11.6 Å². The Kier molecular flexibility index (Phi) is 3.71. The molecule has 6 heteroatoms. The van der Waals surface area contributed by atoms with Crippen molar-refractivity contribution in [3.63, 3.8) is 0 Å². The van der Waals surface area contributed by atoms with E-state index in [4.69, 9.17) is 0 Å². The Balaban J connectivity index is 1.44. The minimum absolute atomic E-state index is 0.00372. The van der Waals surface area contributed by atoms with Gasteiger partial charge in [-0.05, 0) is 44.4 Å². The quantitative estimate of drug-likeness (QED) is 0.853. The van der Waals surface area contributed by atoms with Gasteiger partial charge in [0.2, 0.25) is 0 Å². The van der Waals surface area contributed by atoms with Crippen LogP contribution in [0, 0.1) is 5.82 Å². The molecule has 5 aliphatic heterocycles. The summed E-state index contributed by atoms with van der Waals surface area (Å²) in [6, 6.07) is 4.70. The number of nitrogens with zero attached hydrogens (tertiary/aromatic N) is 2. The second-order valence-electron chi connectivity index (χ2n) is 7.85. The smallest absolute Gasteiger partial charge is 0.254 e. The highest BCUT2D eigenvalue weighted by molar-refractivity contribution is 5.99. The van der Waals surface area contributed by atoms with Crippen molar-refractivity contribution in [2.45, 2.75) is 50.4 Å². The molecule has 5 heterocycles. The van der Waals surface area contributed by atoms with Crippen LogP contribution in [0.15, 0.2) is 12.1 Å². The molecule has 0 saturated carbocycles. The Labute approximate surface area is 147 Å². The van der Waals surface area contributed by atoms with E-state index >= 15 is 4.39 Å². The van der Waals surface area contributed by atoms with Crippen LogP contribution >= 0.6 is 0 Å². The standard InChI is InChI=1S/C19H25FN4O/c20-18-16-11-24(13-2-1-7-21-8-13)19(25)15(16)5-6-17(18)23-10-12-3-4-14(23)9-22-12/h5-6,12-14,21-22H,1-4,7-11H2.